The number of likely N-dealkylation sites (N-methyl/N-ethyl adjacent to an activating group) is 1. The second-order valence-corrected chi connectivity index (χ2v) is 5.89. The zero-order valence-corrected chi connectivity index (χ0v) is 14.3. The predicted molar refractivity (Wildman–Crippen MR) is 98.4 cm³/mol. The quantitative estimate of drug-likeness (QED) is 0.695. The van der Waals surface area contributed by atoms with Crippen molar-refractivity contribution in [2.45, 2.75) is 19.9 Å². The number of carbonyl (C=O) groups excluding carboxylic acids is 1. The standard InChI is InChI=1S/C20H21N3O2/c1-2-22(13-12-16-8-4-3-5-9-16)20(25)15-23-18-11-7-6-10-17(18)19(24)14-21-23/h3-11,14H,2,12-13,15H2,1H3. The summed E-state index contributed by atoms with van der Waals surface area (Å²) in [6, 6.07) is 17.4. The molecule has 5 heteroatoms. The molecule has 0 fully saturated rings. The lowest BCUT2D eigenvalue weighted by Gasteiger charge is -2.21. The van der Waals surface area contributed by atoms with Crippen LogP contribution in [0.3, 0.4) is 0 Å². The molecule has 0 spiro atoms. The minimum atomic E-state index is -0.129. The van der Waals surface area contributed by atoms with Gasteiger partial charge in [-0.2, -0.15) is 5.10 Å². The molecule has 5 nitrogen and oxygen atoms in total. The summed E-state index contributed by atoms with van der Waals surface area (Å²) in [5.74, 6) is -0.000247. The molecule has 3 rings (SSSR count). The van der Waals surface area contributed by atoms with E-state index in [0.717, 1.165) is 6.42 Å². The van der Waals surface area contributed by atoms with Crippen molar-refractivity contribution in [2.75, 3.05) is 13.1 Å². The highest BCUT2D eigenvalue weighted by Gasteiger charge is 2.14. The van der Waals surface area contributed by atoms with Gasteiger partial charge in [0, 0.05) is 18.5 Å². The molecule has 0 unspecified atom stereocenters. The molecule has 1 amide bonds. The normalized spacial score (nSPS) is 10.8. The zero-order valence-electron chi connectivity index (χ0n) is 14.3. The molecule has 0 aliphatic rings. The second kappa shape index (κ2) is 7.75. The minimum absolute atomic E-state index is 0.000247. The van der Waals surface area contributed by atoms with E-state index in [1.807, 2.05) is 48.2 Å². The maximum atomic E-state index is 12.7. The van der Waals surface area contributed by atoms with Gasteiger partial charge >= 0.3 is 0 Å². The first-order valence-corrected chi connectivity index (χ1v) is 8.45. The zero-order chi connectivity index (χ0) is 17.6. The highest BCUT2D eigenvalue weighted by atomic mass is 16.2. The van der Waals surface area contributed by atoms with Crippen LogP contribution in [-0.4, -0.2) is 33.7 Å². The molecule has 1 aromatic heterocycles. The molecule has 128 valence electrons. The van der Waals surface area contributed by atoms with E-state index >= 15 is 0 Å². The van der Waals surface area contributed by atoms with Gasteiger partial charge in [0.05, 0.1) is 11.7 Å². The van der Waals surface area contributed by atoms with Crippen LogP contribution in [0.1, 0.15) is 12.5 Å². The molecule has 0 aliphatic carbocycles. The lowest BCUT2D eigenvalue weighted by Crippen LogP contribution is -2.36. The Morgan fingerprint density at radius 1 is 1.08 bits per heavy atom. The smallest absolute Gasteiger partial charge is 0.244 e. The fraction of sp³-hybridized carbons (Fsp3) is 0.250. The molecular formula is C20H21N3O2. The van der Waals surface area contributed by atoms with Crippen molar-refractivity contribution in [3.05, 3.63) is 76.6 Å². The van der Waals surface area contributed by atoms with Crippen LogP contribution in [0.5, 0.6) is 0 Å². The number of para-hydroxylation sites is 1. The lowest BCUT2D eigenvalue weighted by molar-refractivity contribution is -0.131. The summed E-state index contributed by atoms with van der Waals surface area (Å²) in [6.45, 7) is 3.41. The fourth-order valence-corrected chi connectivity index (χ4v) is 2.88. The van der Waals surface area contributed by atoms with Gasteiger partial charge in [0.25, 0.3) is 0 Å². The first-order valence-electron chi connectivity index (χ1n) is 8.45. The fourth-order valence-electron chi connectivity index (χ4n) is 2.88. The molecular weight excluding hydrogens is 314 g/mol. The van der Waals surface area contributed by atoms with Crippen LogP contribution in [0.4, 0.5) is 0 Å². The molecule has 0 bridgehead atoms. The molecule has 0 radical (unpaired) electrons. The number of nitrogens with zero attached hydrogens (tertiary/aromatic N) is 3. The highest BCUT2D eigenvalue weighted by molar-refractivity contribution is 5.81. The Kier molecular flexibility index (Phi) is 5.23. The Hall–Kier alpha value is -2.95. The van der Waals surface area contributed by atoms with Gasteiger partial charge in [-0.3, -0.25) is 14.3 Å². The number of fused-ring (bicyclic) bond motifs is 1. The Morgan fingerprint density at radius 3 is 2.56 bits per heavy atom. The maximum Gasteiger partial charge on any atom is 0.244 e. The average molecular weight is 335 g/mol. The minimum Gasteiger partial charge on any atom is -0.341 e. The van der Waals surface area contributed by atoms with Crippen LogP contribution in [0, 0.1) is 0 Å². The Morgan fingerprint density at radius 2 is 1.80 bits per heavy atom. The second-order valence-electron chi connectivity index (χ2n) is 5.89. The summed E-state index contributed by atoms with van der Waals surface area (Å²) in [4.78, 5) is 26.4. The van der Waals surface area contributed by atoms with Crippen LogP contribution in [0.25, 0.3) is 10.9 Å². The number of aromatic nitrogens is 2. The van der Waals surface area contributed by atoms with Crippen molar-refractivity contribution in [3.8, 4) is 0 Å². The first-order chi connectivity index (χ1) is 12.2. The van der Waals surface area contributed by atoms with Gasteiger partial charge in [0.2, 0.25) is 11.3 Å². The van der Waals surface area contributed by atoms with E-state index < -0.39 is 0 Å². The van der Waals surface area contributed by atoms with E-state index in [2.05, 4.69) is 17.2 Å². The highest BCUT2D eigenvalue weighted by Crippen LogP contribution is 2.09. The van der Waals surface area contributed by atoms with E-state index in [-0.39, 0.29) is 17.9 Å². The topological polar surface area (TPSA) is 55.2 Å². The van der Waals surface area contributed by atoms with E-state index in [0.29, 0.717) is 24.0 Å². The number of benzene rings is 2. The van der Waals surface area contributed by atoms with E-state index in [1.165, 1.54) is 11.8 Å². The molecule has 1 heterocycles. The third-order valence-corrected chi connectivity index (χ3v) is 4.29. The lowest BCUT2D eigenvalue weighted by atomic mass is 10.1. The first kappa shape index (κ1) is 16.9. The van der Waals surface area contributed by atoms with Crippen molar-refractivity contribution >= 4 is 16.8 Å². The number of rotatable bonds is 6. The number of carbonyl (C=O) groups is 1. The summed E-state index contributed by atoms with van der Waals surface area (Å²) >= 11 is 0. The van der Waals surface area contributed by atoms with E-state index in [9.17, 15) is 9.59 Å². The Labute approximate surface area is 146 Å². The summed E-state index contributed by atoms with van der Waals surface area (Å²) in [5.41, 5.74) is 1.76. The van der Waals surface area contributed by atoms with Gasteiger partial charge in [0.1, 0.15) is 6.54 Å². The van der Waals surface area contributed by atoms with Gasteiger partial charge in [-0.05, 0) is 31.0 Å². The molecule has 2 aromatic carbocycles. The SMILES string of the molecule is CCN(CCc1ccccc1)C(=O)Cn1ncc(=O)c2ccccc21. The van der Waals surface area contributed by atoms with Gasteiger partial charge in [0.15, 0.2) is 0 Å². The molecule has 0 N–H and O–H groups in total. The van der Waals surface area contributed by atoms with Gasteiger partial charge in [-0.25, -0.2) is 0 Å². The summed E-state index contributed by atoms with van der Waals surface area (Å²) in [6.07, 6.45) is 2.09. The van der Waals surface area contributed by atoms with Gasteiger partial charge in [-0.1, -0.05) is 42.5 Å². The number of amides is 1. The Bertz CT molecular complexity index is 919. The van der Waals surface area contributed by atoms with Crippen molar-refractivity contribution in [1.29, 1.82) is 0 Å². The summed E-state index contributed by atoms with van der Waals surface area (Å²) < 4.78 is 1.60. The monoisotopic (exact) mass is 335 g/mol. The van der Waals surface area contributed by atoms with E-state index in [1.54, 1.807) is 10.7 Å². The largest absolute Gasteiger partial charge is 0.341 e. The molecule has 0 saturated carbocycles. The molecule has 25 heavy (non-hydrogen) atoms. The average Bonchev–Trinajstić information content (AvgIpc) is 2.65. The third kappa shape index (κ3) is 3.94. The number of hydrogen-bond donors (Lipinski definition) is 0. The predicted octanol–water partition coefficient (Wildman–Crippen LogP) is 2.49. The van der Waals surface area contributed by atoms with Crippen molar-refractivity contribution in [3.63, 3.8) is 0 Å². The van der Waals surface area contributed by atoms with Crippen molar-refractivity contribution in [2.24, 2.45) is 0 Å². The Balaban J connectivity index is 1.74. The van der Waals surface area contributed by atoms with Crippen LogP contribution in [0.15, 0.2) is 65.6 Å². The van der Waals surface area contributed by atoms with Crippen LogP contribution in [-0.2, 0) is 17.8 Å². The molecule has 0 saturated heterocycles. The van der Waals surface area contributed by atoms with Crippen molar-refractivity contribution in [1.82, 2.24) is 14.7 Å². The number of hydrogen-bond acceptors (Lipinski definition) is 3. The third-order valence-electron chi connectivity index (χ3n) is 4.29. The van der Waals surface area contributed by atoms with Crippen molar-refractivity contribution < 1.29 is 4.79 Å². The summed E-state index contributed by atoms with van der Waals surface area (Å²) in [7, 11) is 0. The molecule has 0 aliphatic heterocycles. The summed E-state index contributed by atoms with van der Waals surface area (Å²) in [5, 5.41) is 4.72. The van der Waals surface area contributed by atoms with Crippen LogP contribution >= 0.6 is 0 Å². The van der Waals surface area contributed by atoms with Crippen LogP contribution in [0.2, 0.25) is 0 Å². The molecule has 3 aromatic rings. The maximum absolute atomic E-state index is 12.7. The van der Waals surface area contributed by atoms with E-state index in [4.69, 9.17) is 0 Å². The molecule has 0 atom stereocenters. The van der Waals surface area contributed by atoms with Crippen LogP contribution < -0.4 is 5.43 Å². The van der Waals surface area contributed by atoms with Gasteiger partial charge < -0.3 is 4.90 Å². The van der Waals surface area contributed by atoms with Gasteiger partial charge in [-0.15, -0.1) is 0 Å².